The van der Waals surface area contributed by atoms with E-state index in [4.69, 9.17) is 4.42 Å². The van der Waals surface area contributed by atoms with Gasteiger partial charge in [-0.2, -0.15) is 12.6 Å². The molecule has 6 heteroatoms. The lowest BCUT2D eigenvalue weighted by Crippen LogP contribution is -2.40. The summed E-state index contributed by atoms with van der Waals surface area (Å²) < 4.78 is 5.22. The van der Waals surface area contributed by atoms with Gasteiger partial charge in [-0.25, -0.2) is 4.79 Å². The molecule has 1 aliphatic rings. The van der Waals surface area contributed by atoms with Gasteiger partial charge in [-0.05, 0) is 19.1 Å². The van der Waals surface area contributed by atoms with E-state index in [1.54, 1.807) is 31.2 Å². The zero-order chi connectivity index (χ0) is 13.2. The summed E-state index contributed by atoms with van der Waals surface area (Å²) >= 11 is 4.02. The van der Waals surface area contributed by atoms with Crippen LogP contribution in [-0.2, 0) is 10.3 Å². The molecule has 0 saturated carbocycles. The molecule has 1 aromatic rings. The van der Waals surface area contributed by atoms with Crippen molar-refractivity contribution in [3.63, 3.8) is 0 Å². The minimum absolute atomic E-state index is 0.238. The molecule has 5 nitrogen and oxygen atoms in total. The van der Waals surface area contributed by atoms with Gasteiger partial charge in [0.2, 0.25) is 0 Å². The van der Waals surface area contributed by atoms with Crippen molar-refractivity contribution in [1.29, 1.82) is 0 Å². The molecule has 2 rings (SSSR count). The molecule has 1 atom stereocenters. The topological polar surface area (TPSA) is 62.6 Å². The SMILES string of the molecule is CC1(c2ccco2)NC(=O)N(CC=CCS)C1=O. The minimum Gasteiger partial charge on any atom is -0.466 e. The van der Waals surface area contributed by atoms with Crippen LogP contribution in [0.2, 0.25) is 0 Å². The molecule has 1 unspecified atom stereocenters. The number of hydrogen-bond acceptors (Lipinski definition) is 4. The highest BCUT2D eigenvalue weighted by atomic mass is 32.1. The van der Waals surface area contributed by atoms with Crippen molar-refractivity contribution in [3.8, 4) is 0 Å². The number of carbonyl (C=O) groups is 2. The van der Waals surface area contributed by atoms with E-state index in [1.807, 2.05) is 0 Å². The average molecular weight is 266 g/mol. The number of urea groups is 1. The van der Waals surface area contributed by atoms with E-state index >= 15 is 0 Å². The molecule has 96 valence electrons. The first-order chi connectivity index (χ1) is 8.59. The van der Waals surface area contributed by atoms with Gasteiger partial charge < -0.3 is 9.73 Å². The molecule has 1 aromatic heterocycles. The number of amides is 3. The molecule has 18 heavy (non-hydrogen) atoms. The van der Waals surface area contributed by atoms with Crippen molar-refractivity contribution < 1.29 is 14.0 Å². The molecule has 1 saturated heterocycles. The quantitative estimate of drug-likeness (QED) is 0.493. The van der Waals surface area contributed by atoms with E-state index in [2.05, 4.69) is 17.9 Å². The summed E-state index contributed by atoms with van der Waals surface area (Å²) in [6.07, 6.45) is 4.99. The molecule has 1 aliphatic heterocycles. The van der Waals surface area contributed by atoms with Crippen molar-refractivity contribution in [2.45, 2.75) is 12.5 Å². The Morgan fingerprint density at radius 2 is 2.28 bits per heavy atom. The van der Waals surface area contributed by atoms with Crippen LogP contribution in [0.3, 0.4) is 0 Å². The molecule has 1 N–H and O–H groups in total. The Labute approximate surface area is 110 Å². The lowest BCUT2D eigenvalue weighted by molar-refractivity contribution is -0.131. The fourth-order valence-corrected chi connectivity index (χ4v) is 2.00. The summed E-state index contributed by atoms with van der Waals surface area (Å²) in [6.45, 7) is 1.87. The van der Waals surface area contributed by atoms with Gasteiger partial charge in [-0.3, -0.25) is 9.69 Å². The number of nitrogens with one attached hydrogen (secondary N) is 1. The van der Waals surface area contributed by atoms with Gasteiger partial charge in [0, 0.05) is 12.3 Å². The Bertz CT molecular complexity index is 484. The van der Waals surface area contributed by atoms with E-state index in [0.29, 0.717) is 11.5 Å². The van der Waals surface area contributed by atoms with Crippen LogP contribution >= 0.6 is 12.6 Å². The standard InChI is InChI=1S/C12H14N2O3S/c1-12(9-5-4-7-17-9)10(15)14(11(16)13-12)6-2-3-8-18/h2-5,7,18H,6,8H2,1H3,(H,13,16). The number of nitrogens with zero attached hydrogens (tertiary/aromatic N) is 1. The minimum atomic E-state index is -1.12. The lowest BCUT2D eigenvalue weighted by atomic mass is 9.99. The third-order valence-electron chi connectivity index (χ3n) is 2.85. The normalized spacial score (nSPS) is 24.0. The zero-order valence-corrected chi connectivity index (χ0v) is 10.8. The Morgan fingerprint density at radius 3 is 2.89 bits per heavy atom. The second-order valence-electron chi connectivity index (χ2n) is 4.10. The number of furan rings is 1. The van der Waals surface area contributed by atoms with Crippen molar-refractivity contribution in [1.82, 2.24) is 10.2 Å². The van der Waals surface area contributed by atoms with Gasteiger partial charge in [0.15, 0.2) is 5.54 Å². The molecule has 0 bridgehead atoms. The van der Waals surface area contributed by atoms with Crippen LogP contribution in [0, 0.1) is 0 Å². The summed E-state index contributed by atoms with van der Waals surface area (Å²) in [6, 6.07) is 2.94. The van der Waals surface area contributed by atoms with Crippen molar-refractivity contribution in [2.24, 2.45) is 0 Å². The fraction of sp³-hybridized carbons (Fsp3) is 0.333. The summed E-state index contributed by atoms with van der Waals surface area (Å²) in [5.41, 5.74) is -1.12. The second kappa shape index (κ2) is 4.89. The molecule has 0 radical (unpaired) electrons. The molecule has 0 aromatic carbocycles. The summed E-state index contributed by atoms with van der Waals surface area (Å²) in [4.78, 5) is 25.2. The summed E-state index contributed by atoms with van der Waals surface area (Å²) in [7, 11) is 0. The van der Waals surface area contributed by atoms with Crippen molar-refractivity contribution in [2.75, 3.05) is 12.3 Å². The monoisotopic (exact) mass is 266 g/mol. The predicted octanol–water partition coefficient (Wildman–Crippen LogP) is 1.53. The van der Waals surface area contributed by atoms with Crippen LogP contribution in [-0.4, -0.2) is 29.1 Å². The van der Waals surface area contributed by atoms with E-state index < -0.39 is 11.6 Å². The molecule has 3 amide bonds. The third kappa shape index (κ3) is 2.03. The largest absolute Gasteiger partial charge is 0.466 e. The number of carbonyl (C=O) groups excluding carboxylic acids is 2. The van der Waals surface area contributed by atoms with Gasteiger partial charge in [0.1, 0.15) is 5.76 Å². The van der Waals surface area contributed by atoms with E-state index in [1.165, 1.54) is 6.26 Å². The molecule has 2 heterocycles. The zero-order valence-electron chi connectivity index (χ0n) is 9.92. The maximum absolute atomic E-state index is 12.3. The number of thiol groups is 1. The molecule has 0 spiro atoms. The van der Waals surface area contributed by atoms with E-state index in [9.17, 15) is 9.59 Å². The Kier molecular flexibility index (Phi) is 3.47. The maximum atomic E-state index is 12.3. The van der Waals surface area contributed by atoms with Gasteiger partial charge in [0.25, 0.3) is 5.91 Å². The highest BCUT2D eigenvalue weighted by molar-refractivity contribution is 7.80. The van der Waals surface area contributed by atoms with Crippen LogP contribution in [0.5, 0.6) is 0 Å². The van der Waals surface area contributed by atoms with Crippen LogP contribution in [0.1, 0.15) is 12.7 Å². The highest BCUT2D eigenvalue weighted by Crippen LogP contribution is 2.28. The number of rotatable bonds is 4. The van der Waals surface area contributed by atoms with Crippen LogP contribution < -0.4 is 5.32 Å². The first-order valence-electron chi connectivity index (χ1n) is 5.53. The van der Waals surface area contributed by atoms with Crippen LogP contribution in [0.15, 0.2) is 35.0 Å². The third-order valence-corrected chi connectivity index (χ3v) is 3.06. The van der Waals surface area contributed by atoms with Crippen molar-refractivity contribution >= 4 is 24.6 Å². The van der Waals surface area contributed by atoms with Crippen LogP contribution in [0.4, 0.5) is 4.79 Å². The predicted molar refractivity (Wildman–Crippen MR) is 69.3 cm³/mol. The Morgan fingerprint density at radius 1 is 1.50 bits per heavy atom. The van der Waals surface area contributed by atoms with Gasteiger partial charge in [-0.1, -0.05) is 12.2 Å². The molecule has 1 fully saturated rings. The average Bonchev–Trinajstić information content (AvgIpc) is 2.93. The summed E-state index contributed by atoms with van der Waals surface area (Å²) in [5, 5.41) is 2.65. The number of hydrogen-bond donors (Lipinski definition) is 2. The molecule has 0 aliphatic carbocycles. The first kappa shape index (κ1) is 12.8. The second-order valence-corrected chi connectivity index (χ2v) is 4.47. The smallest absolute Gasteiger partial charge is 0.325 e. The van der Waals surface area contributed by atoms with Gasteiger partial charge in [0.05, 0.1) is 6.26 Å². The number of imide groups is 1. The fourth-order valence-electron chi connectivity index (χ4n) is 1.85. The van der Waals surface area contributed by atoms with Crippen LogP contribution in [0.25, 0.3) is 0 Å². The van der Waals surface area contributed by atoms with Gasteiger partial charge in [-0.15, -0.1) is 0 Å². The van der Waals surface area contributed by atoms with E-state index in [-0.39, 0.29) is 12.5 Å². The Hall–Kier alpha value is -1.69. The highest BCUT2D eigenvalue weighted by Gasteiger charge is 2.50. The lowest BCUT2D eigenvalue weighted by Gasteiger charge is -2.18. The van der Waals surface area contributed by atoms with E-state index in [0.717, 1.165) is 4.90 Å². The Balaban J connectivity index is 2.21. The maximum Gasteiger partial charge on any atom is 0.325 e. The molecular formula is C12H14N2O3S. The van der Waals surface area contributed by atoms with Gasteiger partial charge >= 0.3 is 6.03 Å². The molecular weight excluding hydrogens is 252 g/mol. The first-order valence-corrected chi connectivity index (χ1v) is 6.17. The summed E-state index contributed by atoms with van der Waals surface area (Å²) in [5.74, 6) is 0.687. The van der Waals surface area contributed by atoms with Crippen molar-refractivity contribution in [3.05, 3.63) is 36.3 Å².